The molecule has 2 aromatic rings. The van der Waals surface area contributed by atoms with Crippen molar-refractivity contribution >= 4 is 68.5 Å². The summed E-state index contributed by atoms with van der Waals surface area (Å²) in [5, 5.41) is 0. The van der Waals surface area contributed by atoms with Crippen molar-refractivity contribution in [1.82, 2.24) is 0 Å². The molecule has 0 saturated carbocycles. The molecule has 0 aromatic heterocycles. The van der Waals surface area contributed by atoms with Crippen LogP contribution in [-0.4, -0.2) is 0 Å². The number of nitrogen functional groups attached to an aromatic ring is 2. The van der Waals surface area contributed by atoms with E-state index >= 15 is 0 Å². The Morgan fingerprint density at radius 2 is 1.05 bits per heavy atom. The largest absolute Gasteiger partial charge is 0.398 e. The smallest absolute Gasteiger partial charge is 0.0450 e. The van der Waals surface area contributed by atoms with Crippen molar-refractivity contribution in [2.45, 2.75) is 9.79 Å². The topological polar surface area (TPSA) is 52.0 Å². The van der Waals surface area contributed by atoms with Crippen molar-refractivity contribution in [2.24, 2.45) is 0 Å². The van der Waals surface area contributed by atoms with Crippen LogP contribution in [0.5, 0.6) is 0 Å². The van der Waals surface area contributed by atoms with Crippen molar-refractivity contribution in [3.05, 3.63) is 45.3 Å². The van der Waals surface area contributed by atoms with Gasteiger partial charge in [-0.15, -0.1) is 25.3 Å². The third kappa shape index (κ3) is 7.05. The molecule has 0 aliphatic carbocycles. The van der Waals surface area contributed by atoms with E-state index in [4.69, 9.17) is 11.5 Å². The van der Waals surface area contributed by atoms with Crippen LogP contribution >= 0.6 is 57.1 Å². The maximum atomic E-state index is 5.49. The third-order valence-electron chi connectivity index (χ3n) is 1.98. The van der Waals surface area contributed by atoms with E-state index in [9.17, 15) is 0 Å². The Balaban J connectivity index is 0.000000324. The quantitative estimate of drug-likeness (QED) is 0.256. The van der Waals surface area contributed by atoms with Crippen molar-refractivity contribution < 1.29 is 19.5 Å². The molecule has 0 bridgehead atoms. The average Bonchev–Trinajstić information content (AvgIpc) is 2.30. The molecule has 19 heavy (non-hydrogen) atoms. The molecule has 4 N–H and O–H groups in total. The molecule has 98 valence electrons. The number of rotatable bonds is 0. The minimum absolute atomic E-state index is 0. The predicted octanol–water partition coefficient (Wildman–Crippen LogP) is 4.64. The monoisotopic (exact) mass is 470 g/mol. The van der Waals surface area contributed by atoms with Crippen LogP contribution in [-0.2, 0) is 19.5 Å². The predicted molar refractivity (Wildman–Crippen MR) is 91.6 cm³/mol. The molecule has 0 fully saturated rings. The van der Waals surface area contributed by atoms with Gasteiger partial charge in [0.15, 0.2) is 0 Å². The second kappa shape index (κ2) is 9.29. The zero-order valence-corrected chi connectivity index (χ0v) is 17.9. The maximum absolute atomic E-state index is 5.49. The van der Waals surface area contributed by atoms with Gasteiger partial charge in [0.2, 0.25) is 0 Å². The van der Waals surface area contributed by atoms with Crippen molar-refractivity contribution in [3.8, 4) is 0 Å². The van der Waals surface area contributed by atoms with Gasteiger partial charge in [-0.1, -0.05) is 31.9 Å². The van der Waals surface area contributed by atoms with Gasteiger partial charge in [0.05, 0.1) is 0 Å². The number of anilines is 2. The number of benzene rings is 2. The fraction of sp³-hybridized carbons (Fsp3) is 0. The minimum Gasteiger partial charge on any atom is -0.398 e. The number of hydrogen-bond donors (Lipinski definition) is 4. The zero-order valence-electron chi connectivity index (χ0n) is 9.98. The van der Waals surface area contributed by atoms with Crippen LogP contribution in [0.3, 0.4) is 0 Å². The molecule has 2 aromatic carbocycles. The molecule has 0 atom stereocenters. The molecular formula is C12H12Br2N2S2Zn. The van der Waals surface area contributed by atoms with E-state index in [1.807, 2.05) is 36.4 Å². The normalized spacial score (nSPS) is 9.05. The molecule has 0 heterocycles. The minimum atomic E-state index is 0. The molecule has 2 rings (SSSR count). The molecule has 0 unspecified atom stereocenters. The molecule has 0 aliphatic heterocycles. The standard InChI is InChI=1S/2C6H6BrNS.Zn/c2*7-4-1-2-5(8)6(9)3-4;/h2*1-3,9H,8H2;. The Bertz CT molecular complexity index is 504. The summed E-state index contributed by atoms with van der Waals surface area (Å²) < 4.78 is 2.00. The summed E-state index contributed by atoms with van der Waals surface area (Å²) in [7, 11) is 0. The van der Waals surface area contributed by atoms with Gasteiger partial charge in [0, 0.05) is 49.6 Å². The van der Waals surface area contributed by atoms with Crippen LogP contribution < -0.4 is 11.5 Å². The Hall–Kier alpha value is 0.323. The molecule has 0 aliphatic rings. The molecule has 0 amide bonds. The molecule has 0 spiro atoms. The zero-order chi connectivity index (χ0) is 13.7. The Kier molecular flexibility index (Phi) is 9.45. The van der Waals surface area contributed by atoms with Crippen molar-refractivity contribution in [1.29, 1.82) is 0 Å². The summed E-state index contributed by atoms with van der Waals surface area (Å²) in [5.41, 5.74) is 12.4. The molecule has 2 nitrogen and oxygen atoms in total. The summed E-state index contributed by atoms with van der Waals surface area (Å²) in [6.07, 6.45) is 0. The van der Waals surface area contributed by atoms with Crippen LogP contribution in [0.1, 0.15) is 0 Å². The van der Waals surface area contributed by atoms with Crippen molar-refractivity contribution in [2.75, 3.05) is 11.5 Å². The summed E-state index contributed by atoms with van der Waals surface area (Å²) in [4.78, 5) is 1.62. The van der Waals surface area contributed by atoms with Gasteiger partial charge in [-0.3, -0.25) is 0 Å². The van der Waals surface area contributed by atoms with Gasteiger partial charge >= 0.3 is 0 Å². The first kappa shape index (κ1) is 19.3. The SMILES string of the molecule is Nc1ccc(Br)cc1S.Nc1ccc(Br)cc1S.[Zn]. The van der Waals surface area contributed by atoms with E-state index in [-0.39, 0.29) is 19.5 Å². The maximum Gasteiger partial charge on any atom is 0.0450 e. The number of nitrogens with two attached hydrogens (primary N) is 2. The summed E-state index contributed by atoms with van der Waals surface area (Å²) in [6.45, 7) is 0. The van der Waals surface area contributed by atoms with E-state index in [0.717, 1.165) is 18.7 Å². The van der Waals surface area contributed by atoms with Gasteiger partial charge in [-0.2, -0.15) is 0 Å². The van der Waals surface area contributed by atoms with Gasteiger partial charge in [0.1, 0.15) is 0 Å². The Labute approximate surface area is 153 Å². The van der Waals surface area contributed by atoms with E-state index in [1.54, 1.807) is 0 Å². The first-order chi connectivity index (χ1) is 8.40. The summed E-state index contributed by atoms with van der Waals surface area (Å²) in [6, 6.07) is 11.1. The number of thiol groups is 2. The van der Waals surface area contributed by atoms with Crippen LogP contribution in [0.15, 0.2) is 55.1 Å². The van der Waals surface area contributed by atoms with Gasteiger partial charge in [-0.05, 0) is 36.4 Å². The number of hydrogen-bond acceptors (Lipinski definition) is 4. The molecular weight excluding hydrogens is 461 g/mol. The number of halogens is 2. The van der Waals surface area contributed by atoms with Crippen LogP contribution in [0.25, 0.3) is 0 Å². The van der Waals surface area contributed by atoms with E-state index < -0.39 is 0 Å². The summed E-state index contributed by atoms with van der Waals surface area (Å²) >= 11 is 14.8. The van der Waals surface area contributed by atoms with Crippen LogP contribution in [0, 0.1) is 0 Å². The van der Waals surface area contributed by atoms with Crippen LogP contribution in [0.4, 0.5) is 11.4 Å². The summed E-state index contributed by atoms with van der Waals surface area (Å²) in [5.74, 6) is 0. The first-order valence-corrected chi connectivity index (χ1v) is 7.36. The molecule has 0 saturated heterocycles. The van der Waals surface area contributed by atoms with E-state index in [1.165, 1.54) is 0 Å². The van der Waals surface area contributed by atoms with Gasteiger partial charge in [0.25, 0.3) is 0 Å². The fourth-order valence-corrected chi connectivity index (χ4v) is 2.54. The average molecular weight is 474 g/mol. The molecule has 0 radical (unpaired) electrons. The second-order valence-corrected chi connectivity index (χ2v) is 6.20. The van der Waals surface area contributed by atoms with Crippen LogP contribution in [0.2, 0.25) is 0 Å². The Morgan fingerprint density at radius 1 is 0.737 bits per heavy atom. The second-order valence-electron chi connectivity index (χ2n) is 3.41. The third-order valence-corrected chi connectivity index (χ3v) is 3.75. The van der Waals surface area contributed by atoms with Crippen molar-refractivity contribution in [3.63, 3.8) is 0 Å². The van der Waals surface area contributed by atoms with E-state index in [0.29, 0.717) is 11.4 Å². The first-order valence-electron chi connectivity index (χ1n) is 4.88. The fourth-order valence-electron chi connectivity index (χ4n) is 1.03. The Morgan fingerprint density at radius 3 is 1.26 bits per heavy atom. The van der Waals surface area contributed by atoms with Gasteiger partial charge in [-0.25, -0.2) is 0 Å². The van der Waals surface area contributed by atoms with E-state index in [2.05, 4.69) is 57.1 Å². The van der Waals surface area contributed by atoms with Gasteiger partial charge < -0.3 is 11.5 Å². The molecule has 7 heteroatoms.